The summed E-state index contributed by atoms with van der Waals surface area (Å²) in [5, 5.41) is 9.01. The summed E-state index contributed by atoms with van der Waals surface area (Å²) in [5.41, 5.74) is 0.391. The molecule has 1 aliphatic heterocycles. The Hall–Kier alpha value is -2.39. The third kappa shape index (κ3) is 5.50. The Balaban J connectivity index is 2.25. The number of aromatic nitrogens is 1. The lowest BCUT2D eigenvalue weighted by molar-refractivity contribution is -0.155. The van der Waals surface area contributed by atoms with Crippen LogP contribution in [0.1, 0.15) is 57.7 Å². The lowest BCUT2D eigenvalue weighted by Gasteiger charge is -2.39. The van der Waals surface area contributed by atoms with Gasteiger partial charge in [0.1, 0.15) is 11.1 Å². The van der Waals surface area contributed by atoms with Crippen molar-refractivity contribution >= 4 is 26.2 Å². The lowest BCUT2D eigenvalue weighted by Crippen LogP contribution is -2.49. The van der Waals surface area contributed by atoms with Gasteiger partial charge in [-0.05, 0) is 49.7 Å². The van der Waals surface area contributed by atoms with Crippen molar-refractivity contribution in [2.24, 2.45) is 5.41 Å². The molecule has 2 rings (SSSR count). The van der Waals surface area contributed by atoms with Crippen molar-refractivity contribution in [1.82, 2.24) is 4.98 Å². The van der Waals surface area contributed by atoms with Crippen molar-refractivity contribution in [3.63, 3.8) is 0 Å². The third-order valence-electron chi connectivity index (χ3n) is 6.50. The quantitative estimate of drug-likeness (QED) is 0.337. The third-order valence-corrected chi connectivity index (χ3v) is 11.0. The zero-order valence-electron chi connectivity index (χ0n) is 20.2. The minimum atomic E-state index is -2.15. The topological polar surface area (TPSA) is 115 Å². The Kier molecular flexibility index (Phi) is 7.46. The number of allylic oxidation sites excluding steroid dienone is 1. The number of carboxylic acids is 1. The first-order valence-electron chi connectivity index (χ1n) is 10.7. The maximum Gasteiger partial charge on any atom is 0.352 e. The highest BCUT2D eigenvalue weighted by atomic mass is 28.4. The number of cyclic esters (lactones) is 1. The van der Waals surface area contributed by atoms with Crippen LogP contribution in [0.25, 0.3) is 0 Å². The van der Waals surface area contributed by atoms with E-state index in [4.69, 9.17) is 19.0 Å². The molecular formula is C23H35NO7Si. The van der Waals surface area contributed by atoms with Gasteiger partial charge in [0.25, 0.3) is 0 Å². The average molecular weight is 466 g/mol. The van der Waals surface area contributed by atoms with Crippen LogP contribution in [0.5, 0.6) is 0 Å². The molecular weight excluding hydrogens is 430 g/mol. The van der Waals surface area contributed by atoms with E-state index >= 15 is 0 Å². The van der Waals surface area contributed by atoms with Crippen LogP contribution in [0, 0.1) is 5.41 Å². The van der Waals surface area contributed by atoms with Gasteiger partial charge in [-0.1, -0.05) is 26.8 Å². The zero-order chi connectivity index (χ0) is 24.5. The number of ether oxygens (including phenoxy) is 2. The van der Waals surface area contributed by atoms with E-state index in [0.29, 0.717) is 17.7 Å². The van der Waals surface area contributed by atoms with Crippen LogP contribution >= 0.6 is 0 Å². The van der Waals surface area contributed by atoms with E-state index in [1.807, 2.05) is 6.08 Å². The predicted octanol–water partition coefficient (Wildman–Crippen LogP) is 4.09. The summed E-state index contributed by atoms with van der Waals surface area (Å²) in [5.74, 6) is -2.00. The van der Waals surface area contributed by atoms with Crippen LogP contribution in [-0.4, -0.2) is 55.1 Å². The number of H-pyrrole nitrogens is 1. The first kappa shape index (κ1) is 25.9. The smallest absolute Gasteiger partial charge is 0.352 e. The van der Waals surface area contributed by atoms with E-state index in [2.05, 4.69) is 38.8 Å². The van der Waals surface area contributed by atoms with E-state index in [-0.39, 0.29) is 17.3 Å². The number of rotatable bonds is 8. The first-order valence-corrected chi connectivity index (χ1v) is 13.6. The van der Waals surface area contributed by atoms with Crippen LogP contribution in [-0.2, 0) is 29.9 Å². The summed E-state index contributed by atoms with van der Waals surface area (Å²) < 4.78 is 17.6. The Bertz CT molecular complexity index is 912. The summed E-state index contributed by atoms with van der Waals surface area (Å²) in [6, 6.07) is 3.18. The fraction of sp³-hybridized carbons (Fsp3) is 0.609. The molecule has 0 amide bonds. The molecule has 0 aliphatic carbocycles. The van der Waals surface area contributed by atoms with Crippen LogP contribution < -0.4 is 0 Å². The normalized spacial score (nSPS) is 24.4. The average Bonchev–Trinajstić information content (AvgIpc) is 3.23. The summed E-state index contributed by atoms with van der Waals surface area (Å²) in [6.07, 6.45) is 0.684. The molecule has 1 aliphatic rings. The van der Waals surface area contributed by atoms with Crippen LogP contribution in [0.3, 0.4) is 0 Å². The molecule has 2 heterocycles. The molecule has 0 unspecified atom stereocenters. The van der Waals surface area contributed by atoms with Gasteiger partial charge in [0, 0.05) is 19.0 Å². The summed E-state index contributed by atoms with van der Waals surface area (Å²) in [6.45, 7) is 15.5. The monoisotopic (exact) mass is 465 g/mol. The SMILES string of the molecule is CC(=O)O[C@H]1[C@H](/C(C)=C/Cc2ccc(C(=O)O)[nH]2)OC(=O)[C@]1(C)CO[Si](C)(C)C(C)(C)C. The second-order valence-electron chi connectivity index (χ2n) is 10.2. The molecule has 8 nitrogen and oxygen atoms in total. The van der Waals surface area contributed by atoms with Crippen LogP contribution in [0.15, 0.2) is 23.8 Å². The molecule has 1 fully saturated rings. The number of carbonyl (C=O) groups excluding carboxylic acids is 2. The highest BCUT2D eigenvalue weighted by molar-refractivity contribution is 6.74. The van der Waals surface area contributed by atoms with E-state index in [1.54, 1.807) is 19.9 Å². The number of carbonyl (C=O) groups is 3. The molecule has 0 spiro atoms. The predicted molar refractivity (Wildman–Crippen MR) is 122 cm³/mol. The second-order valence-corrected chi connectivity index (χ2v) is 15.0. The molecule has 0 aromatic carbocycles. The zero-order valence-corrected chi connectivity index (χ0v) is 21.2. The number of hydrogen-bond donors (Lipinski definition) is 2. The fourth-order valence-corrected chi connectivity index (χ4v) is 4.32. The molecule has 0 bridgehead atoms. The Labute approximate surface area is 190 Å². The van der Waals surface area contributed by atoms with Gasteiger partial charge < -0.3 is 24.0 Å². The molecule has 178 valence electrons. The minimum absolute atomic E-state index is 0.0388. The van der Waals surface area contributed by atoms with Crippen LogP contribution in [0.4, 0.5) is 0 Å². The van der Waals surface area contributed by atoms with Gasteiger partial charge in [-0.2, -0.15) is 0 Å². The number of nitrogens with one attached hydrogen (secondary N) is 1. The molecule has 0 radical (unpaired) electrons. The molecule has 9 heteroatoms. The first-order chi connectivity index (χ1) is 14.6. The van der Waals surface area contributed by atoms with E-state index in [0.717, 1.165) is 0 Å². The number of esters is 2. The fourth-order valence-electron chi connectivity index (χ4n) is 3.22. The number of hydrogen-bond acceptors (Lipinski definition) is 6. The Morgan fingerprint density at radius 2 is 1.91 bits per heavy atom. The maximum absolute atomic E-state index is 12.9. The van der Waals surface area contributed by atoms with Gasteiger partial charge >= 0.3 is 17.9 Å². The summed E-state index contributed by atoms with van der Waals surface area (Å²) in [7, 11) is -2.15. The molecule has 1 aromatic rings. The van der Waals surface area contributed by atoms with Gasteiger partial charge in [0.15, 0.2) is 20.5 Å². The van der Waals surface area contributed by atoms with Crippen molar-refractivity contribution in [2.45, 2.75) is 78.3 Å². The Morgan fingerprint density at radius 3 is 2.41 bits per heavy atom. The molecule has 3 atom stereocenters. The lowest BCUT2D eigenvalue weighted by atomic mass is 9.83. The van der Waals surface area contributed by atoms with E-state index in [1.165, 1.54) is 13.0 Å². The molecule has 32 heavy (non-hydrogen) atoms. The van der Waals surface area contributed by atoms with E-state index < -0.39 is 43.8 Å². The largest absolute Gasteiger partial charge is 0.477 e. The molecule has 1 aromatic heterocycles. The van der Waals surface area contributed by atoms with Gasteiger partial charge in [-0.15, -0.1) is 0 Å². The highest BCUT2D eigenvalue weighted by Gasteiger charge is 2.58. The second kappa shape index (κ2) is 9.23. The van der Waals surface area contributed by atoms with Gasteiger partial charge in [0.2, 0.25) is 0 Å². The summed E-state index contributed by atoms with van der Waals surface area (Å²) >= 11 is 0. The van der Waals surface area contributed by atoms with Gasteiger partial charge in [0.05, 0.1) is 6.61 Å². The molecule has 1 saturated heterocycles. The highest BCUT2D eigenvalue weighted by Crippen LogP contribution is 2.43. The number of carboxylic acid groups (broad SMARTS) is 1. The van der Waals surface area contributed by atoms with Gasteiger partial charge in [-0.25, -0.2) is 4.79 Å². The van der Waals surface area contributed by atoms with Crippen LogP contribution in [0.2, 0.25) is 18.1 Å². The number of aromatic carboxylic acids is 1. The number of aromatic amines is 1. The van der Waals surface area contributed by atoms with Crippen molar-refractivity contribution in [3.8, 4) is 0 Å². The van der Waals surface area contributed by atoms with E-state index in [9.17, 15) is 14.4 Å². The summed E-state index contributed by atoms with van der Waals surface area (Å²) in [4.78, 5) is 38.7. The van der Waals surface area contributed by atoms with Crippen molar-refractivity contribution in [3.05, 3.63) is 35.2 Å². The van der Waals surface area contributed by atoms with Crippen molar-refractivity contribution < 1.29 is 33.4 Å². The molecule has 2 N–H and O–H groups in total. The maximum atomic E-state index is 12.9. The van der Waals surface area contributed by atoms with Crippen molar-refractivity contribution in [2.75, 3.05) is 6.61 Å². The van der Waals surface area contributed by atoms with Gasteiger partial charge in [-0.3, -0.25) is 9.59 Å². The van der Waals surface area contributed by atoms with Crippen molar-refractivity contribution in [1.29, 1.82) is 0 Å². The standard InChI is InChI=1S/C23H35NO7Si/c1-14(9-10-16-11-12-17(24-16)20(26)27)18-19(30-15(2)25)23(6,21(28)31-18)13-29-32(7,8)22(3,4)5/h9,11-12,18-19,24H,10,13H2,1-8H3,(H,26,27)/b14-9+/t18-,19-,23+/m0/s1. The minimum Gasteiger partial charge on any atom is -0.477 e. The molecule has 0 saturated carbocycles. The Morgan fingerprint density at radius 1 is 1.28 bits per heavy atom.